The summed E-state index contributed by atoms with van der Waals surface area (Å²) in [7, 11) is 0. The highest BCUT2D eigenvalue weighted by atomic mass is 16.2. The van der Waals surface area contributed by atoms with Crippen molar-refractivity contribution in [2.24, 2.45) is 5.92 Å². The lowest BCUT2D eigenvalue weighted by molar-refractivity contribution is -0.138. The molecule has 0 saturated heterocycles. The number of benzene rings is 1. The highest BCUT2D eigenvalue weighted by Gasteiger charge is 2.19. The Morgan fingerprint density at radius 2 is 1.53 bits per heavy atom. The van der Waals surface area contributed by atoms with E-state index in [1.54, 1.807) is 13.8 Å². The first-order valence-corrected chi connectivity index (χ1v) is 5.96. The van der Waals surface area contributed by atoms with Gasteiger partial charge < -0.3 is 0 Å². The summed E-state index contributed by atoms with van der Waals surface area (Å²) in [5.74, 6) is -0.770. The summed E-state index contributed by atoms with van der Waals surface area (Å²) < 4.78 is 0. The zero-order valence-corrected chi connectivity index (χ0v) is 11.3. The minimum Gasteiger partial charge on any atom is -0.291 e. The number of hydrogen-bond acceptors (Lipinski definition) is 2. The van der Waals surface area contributed by atoms with Crippen LogP contribution in [0.25, 0.3) is 0 Å². The van der Waals surface area contributed by atoms with Gasteiger partial charge in [0.25, 0.3) is 0 Å². The summed E-state index contributed by atoms with van der Waals surface area (Å²) in [6, 6.07) is 4.10. The first kappa shape index (κ1) is 13.6. The Hall–Kier alpha value is -1.44. The summed E-state index contributed by atoms with van der Waals surface area (Å²) in [5.41, 5.74) is 4.36. The van der Waals surface area contributed by atoms with Crippen molar-refractivity contribution < 1.29 is 9.59 Å². The number of aryl methyl sites for hydroxylation is 3. The van der Waals surface area contributed by atoms with Crippen LogP contribution in [0.4, 0.5) is 0 Å². The van der Waals surface area contributed by atoms with Crippen LogP contribution in [-0.4, -0.2) is 11.6 Å². The third kappa shape index (κ3) is 3.26. The molecule has 1 aromatic carbocycles. The molecule has 0 atom stereocenters. The van der Waals surface area contributed by atoms with Crippen molar-refractivity contribution in [2.45, 2.75) is 41.0 Å². The van der Waals surface area contributed by atoms with Gasteiger partial charge in [-0.05, 0) is 37.5 Å². The van der Waals surface area contributed by atoms with Gasteiger partial charge in [-0.3, -0.25) is 9.59 Å². The number of ketones is 2. The number of rotatable bonds is 4. The summed E-state index contributed by atoms with van der Waals surface area (Å²) >= 11 is 0. The van der Waals surface area contributed by atoms with Crippen LogP contribution in [0.5, 0.6) is 0 Å². The summed E-state index contributed by atoms with van der Waals surface area (Å²) in [6.07, 6.45) is 0.231. The van der Waals surface area contributed by atoms with Crippen LogP contribution in [0, 0.1) is 26.7 Å². The van der Waals surface area contributed by atoms with E-state index in [-0.39, 0.29) is 23.9 Å². The van der Waals surface area contributed by atoms with Gasteiger partial charge in [-0.1, -0.05) is 31.5 Å². The first-order chi connectivity index (χ1) is 7.82. The minimum atomic E-state index is -0.282. The second kappa shape index (κ2) is 5.26. The molecule has 2 nitrogen and oxygen atoms in total. The second-order valence-corrected chi connectivity index (χ2v) is 5.00. The molecule has 0 aliphatic rings. The van der Waals surface area contributed by atoms with Crippen LogP contribution < -0.4 is 0 Å². The fraction of sp³-hybridized carbons (Fsp3) is 0.467. The molecular weight excluding hydrogens is 212 g/mol. The SMILES string of the molecule is Cc1cc(C)c(CC(=O)C(=O)C(C)C)c(C)c1. The smallest absolute Gasteiger partial charge is 0.203 e. The van der Waals surface area contributed by atoms with Crippen LogP contribution in [-0.2, 0) is 16.0 Å². The Morgan fingerprint density at radius 3 is 1.94 bits per heavy atom. The van der Waals surface area contributed by atoms with Crippen molar-refractivity contribution in [3.8, 4) is 0 Å². The second-order valence-electron chi connectivity index (χ2n) is 5.00. The molecular formula is C15H20O2. The standard InChI is InChI=1S/C15H20O2/c1-9(2)15(17)14(16)8-13-11(4)6-10(3)7-12(13)5/h6-7,9H,8H2,1-5H3. The lowest BCUT2D eigenvalue weighted by atomic mass is 9.93. The third-order valence-corrected chi connectivity index (χ3v) is 2.98. The van der Waals surface area contributed by atoms with Crippen molar-refractivity contribution in [3.63, 3.8) is 0 Å². The first-order valence-electron chi connectivity index (χ1n) is 5.96. The van der Waals surface area contributed by atoms with Gasteiger partial charge >= 0.3 is 0 Å². The van der Waals surface area contributed by atoms with Crippen LogP contribution in [0.15, 0.2) is 12.1 Å². The van der Waals surface area contributed by atoms with Crippen molar-refractivity contribution in [1.82, 2.24) is 0 Å². The molecule has 0 amide bonds. The van der Waals surface area contributed by atoms with Crippen LogP contribution in [0.3, 0.4) is 0 Å². The molecule has 2 heteroatoms. The molecule has 0 unspecified atom stereocenters. The Bertz CT molecular complexity index is 433. The average Bonchev–Trinajstić information content (AvgIpc) is 2.21. The Kier molecular flexibility index (Phi) is 4.22. The van der Waals surface area contributed by atoms with Gasteiger partial charge in [0.2, 0.25) is 11.6 Å². The zero-order valence-electron chi connectivity index (χ0n) is 11.3. The van der Waals surface area contributed by atoms with E-state index >= 15 is 0 Å². The van der Waals surface area contributed by atoms with E-state index in [2.05, 4.69) is 12.1 Å². The van der Waals surface area contributed by atoms with Crippen molar-refractivity contribution in [1.29, 1.82) is 0 Å². The number of carbonyl (C=O) groups excluding carboxylic acids is 2. The third-order valence-electron chi connectivity index (χ3n) is 2.98. The predicted octanol–water partition coefficient (Wildman–Crippen LogP) is 2.95. The van der Waals surface area contributed by atoms with E-state index in [4.69, 9.17) is 0 Å². The quantitative estimate of drug-likeness (QED) is 0.748. The topological polar surface area (TPSA) is 34.1 Å². The monoisotopic (exact) mass is 232 g/mol. The molecule has 0 aliphatic heterocycles. The Morgan fingerprint density at radius 1 is 1.06 bits per heavy atom. The fourth-order valence-corrected chi connectivity index (χ4v) is 2.06. The van der Waals surface area contributed by atoms with Crippen molar-refractivity contribution in [2.75, 3.05) is 0 Å². The molecule has 17 heavy (non-hydrogen) atoms. The van der Waals surface area contributed by atoms with Crippen molar-refractivity contribution >= 4 is 11.6 Å². The van der Waals surface area contributed by atoms with E-state index in [0.29, 0.717) is 0 Å². The van der Waals surface area contributed by atoms with E-state index < -0.39 is 0 Å². The minimum absolute atomic E-state index is 0.214. The Balaban J connectivity index is 2.97. The fourth-order valence-electron chi connectivity index (χ4n) is 2.06. The largest absolute Gasteiger partial charge is 0.291 e. The Labute approximate surface area is 103 Å². The molecule has 0 aromatic heterocycles. The molecule has 0 aliphatic carbocycles. The zero-order chi connectivity index (χ0) is 13.2. The van der Waals surface area contributed by atoms with Crippen LogP contribution in [0.2, 0.25) is 0 Å². The maximum atomic E-state index is 11.8. The molecule has 0 saturated carbocycles. The highest BCUT2D eigenvalue weighted by Crippen LogP contribution is 2.17. The van der Waals surface area contributed by atoms with Crippen LogP contribution in [0.1, 0.15) is 36.1 Å². The average molecular weight is 232 g/mol. The molecule has 92 valence electrons. The van der Waals surface area contributed by atoms with Gasteiger partial charge in [-0.2, -0.15) is 0 Å². The van der Waals surface area contributed by atoms with Gasteiger partial charge in [0.1, 0.15) is 0 Å². The van der Waals surface area contributed by atoms with Gasteiger partial charge in [-0.15, -0.1) is 0 Å². The normalized spacial score (nSPS) is 10.7. The van der Waals surface area contributed by atoms with Crippen LogP contribution >= 0.6 is 0 Å². The summed E-state index contributed by atoms with van der Waals surface area (Å²) in [4.78, 5) is 23.4. The van der Waals surface area contributed by atoms with E-state index in [1.165, 1.54) is 5.56 Å². The maximum absolute atomic E-state index is 11.8. The maximum Gasteiger partial charge on any atom is 0.203 e. The van der Waals surface area contributed by atoms with E-state index in [9.17, 15) is 9.59 Å². The molecule has 1 rings (SSSR count). The number of hydrogen-bond donors (Lipinski definition) is 0. The molecule has 1 aromatic rings. The van der Waals surface area contributed by atoms with Crippen molar-refractivity contribution in [3.05, 3.63) is 34.4 Å². The number of Topliss-reactive ketones (excluding diaryl/α,β-unsaturated/α-hetero) is 2. The lowest BCUT2D eigenvalue weighted by Crippen LogP contribution is -2.22. The van der Waals surface area contributed by atoms with Gasteiger partial charge in [0.05, 0.1) is 0 Å². The van der Waals surface area contributed by atoms with Gasteiger partial charge in [0.15, 0.2) is 0 Å². The summed E-state index contributed by atoms with van der Waals surface area (Å²) in [5, 5.41) is 0. The molecule has 0 radical (unpaired) electrons. The molecule has 0 spiro atoms. The molecule has 0 N–H and O–H groups in total. The highest BCUT2D eigenvalue weighted by molar-refractivity contribution is 6.38. The summed E-state index contributed by atoms with van der Waals surface area (Å²) in [6.45, 7) is 9.53. The van der Waals surface area contributed by atoms with E-state index in [1.807, 2.05) is 20.8 Å². The predicted molar refractivity (Wildman–Crippen MR) is 69.2 cm³/mol. The van der Waals surface area contributed by atoms with Gasteiger partial charge in [0, 0.05) is 12.3 Å². The number of carbonyl (C=O) groups is 2. The molecule has 0 fully saturated rings. The van der Waals surface area contributed by atoms with E-state index in [0.717, 1.165) is 16.7 Å². The lowest BCUT2D eigenvalue weighted by Gasteiger charge is -2.11. The molecule has 0 bridgehead atoms. The molecule has 0 heterocycles. The van der Waals surface area contributed by atoms with Gasteiger partial charge in [-0.25, -0.2) is 0 Å².